The predicted octanol–water partition coefficient (Wildman–Crippen LogP) is 4.21. The molecule has 0 fully saturated rings. The molecule has 4 rings (SSSR count). The van der Waals surface area contributed by atoms with Gasteiger partial charge in [-0.2, -0.15) is 5.10 Å². The Hall–Kier alpha value is -2.37. The summed E-state index contributed by atoms with van der Waals surface area (Å²) in [6, 6.07) is 11.2. The van der Waals surface area contributed by atoms with Crippen LogP contribution >= 0.6 is 11.6 Å². The maximum absolute atomic E-state index is 10.3. The van der Waals surface area contributed by atoms with Crippen molar-refractivity contribution in [3.05, 3.63) is 70.3 Å². The van der Waals surface area contributed by atoms with Gasteiger partial charge in [0.05, 0.1) is 6.10 Å². The monoisotopic (exact) mass is 355 g/mol. The topological polar surface area (TPSA) is 71.0 Å². The second-order valence-corrected chi connectivity index (χ2v) is 6.62. The van der Waals surface area contributed by atoms with Crippen LogP contribution in [-0.4, -0.2) is 20.3 Å². The van der Waals surface area contributed by atoms with Crippen LogP contribution in [0.2, 0.25) is 5.02 Å². The molecule has 0 spiro atoms. The van der Waals surface area contributed by atoms with Gasteiger partial charge in [-0.25, -0.2) is 4.98 Å². The number of hydrogen-bond acceptors (Lipinski definition) is 4. The summed E-state index contributed by atoms with van der Waals surface area (Å²) < 4.78 is 6.11. The van der Waals surface area contributed by atoms with Crippen LogP contribution < -0.4 is 4.74 Å². The third kappa shape index (κ3) is 3.38. The number of nitrogens with one attached hydrogen (secondary N) is 1. The van der Waals surface area contributed by atoms with Gasteiger partial charge in [0.25, 0.3) is 0 Å². The van der Waals surface area contributed by atoms with Crippen molar-refractivity contribution in [1.29, 1.82) is 0 Å². The Morgan fingerprint density at radius 1 is 1.20 bits per heavy atom. The van der Waals surface area contributed by atoms with Crippen LogP contribution in [0.25, 0.3) is 0 Å². The summed E-state index contributed by atoms with van der Waals surface area (Å²) in [6.07, 6.45) is 4.35. The highest BCUT2D eigenvalue weighted by molar-refractivity contribution is 6.30. The van der Waals surface area contributed by atoms with Gasteiger partial charge < -0.3 is 9.84 Å². The molecule has 0 amide bonds. The van der Waals surface area contributed by atoms with Crippen molar-refractivity contribution in [1.82, 2.24) is 15.2 Å². The van der Waals surface area contributed by atoms with Gasteiger partial charge in [-0.1, -0.05) is 17.7 Å². The minimum absolute atomic E-state index is 0.415. The second-order valence-electron chi connectivity index (χ2n) is 6.18. The Bertz CT molecular complexity index is 863. The van der Waals surface area contributed by atoms with Crippen molar-refractivity contribution >= 4 is 11.6 Å². The summed E-state index contributed by atoms with van der Waals surface area (Å²) in [4.78, 5) is 4.24. The van der Waals surface area contributed by atoms with Gasteiger partial charge in [0.2, 0.25) is 0 Å². The minimum atomic E-state index is -0.415. The SMILES string of the molecule is OC1CCCc2c1ccc(Oc1ccc(Cl)cc1)c2Cc1ncn[nH]1. The molecule has 0 saturated heterocycles. The first kappa shape index (κ1) is 16.1. The molecular weight excluding hydrogens is 338 g/mol. The van der Waals surface area contributed by atoms with Gasteiger partial charge in [-0.3, -0.25) is 5.10 Å². The number of aromatic amines is 1. The largest absolute Gasteiger partial charge is 0.457 e. The number of fused-ring (bicyclic) bond motifs is 1. The molecule has 5 nitrogen and oxygen atoms in total. The number of aromatic nitrogens is 3. The molecule has 2 aromatic carbocycles. The smallest absolute Gasteiger partial charge is 0.137 e. The molecule has 2 N–H and O–H groups in total. The zero-order chi connectivity index (χ0) is 17.2. The van der Waals surface area contributed by atoms with E-state index in [2.05, 4.69) is 15.2 Å². The predicted molar refractivity (Wildman–Crippen MR) is 95.1 cm³/mol. The molecule has 1 aliphatic rings. The molecule has 6 heteroatoms. The fourth-order valence-corrected chi connectivity index (χ4v) is 3.45. The van der Waals surface area contributed by atoms with Crippen molar-refractivity contribution in [2.24, 2.45) is 0 Å². The zero-order valence-electron chi connectivity index (χ0n) is 13.6. The van der Waals surface area contributed by atoms with Crippen LogP contribution in [0.3, 0.4) is 0 Å². The lowest BCUT2D eigenvalue weighted by Crippen LogP contribution is -2.13. The molecule has 1 heterocycles. The van der Waals surface area contributed by atoms with Crippen LogP contribution in [0.5, 0.6) is 11.5 Å². The van der Waals surface area contributed by atoms with Crippen molar-refractivity contribution < 1.29 is 9.84 Å². The van der Waals surface area contributed by atoms with Crippen LogP contribution in [0.1, 0.15) is 41.5 Å². The van der Waals surface area contributed by atoms with Crippen molar-refractivity contribution in [2.75, 3.05) is 0 Å². The van der Waals surface area contributed by atoms with E-state index in [0.717, 1.165) is 53.3 Å². The number of H-pyrrole nitrogens is 1. The van der Waals surface area contributed by atoms with E-state index in [-0.39, 0.29) is 0 Å². The lowest BCUT2D eigenvalue weighted by atomic mass is 9.85. The molecule has 1 unspecified atom stereocenters. The number of aliphatic hydroxyl groups is 1. The van der Waals surface area contributed by atoms with E-state index in [4.69, 9.17) is 16.3 Å². The maximum Gasteiger partial charge on any atom is 0.137 e. The second kappa shape index (κ2) is 6.86. The van der Waals surface area contributed by atoms with Gasteiger partial charge >= 0.3 is 0 Å². The number of rotatable bonds is 4. The Labute approximate surface area is 150 Å². The van der Waals surface area contributed by atoms with Crippen LogP contribution in [0, 0.1) is 0 Å². The third-order valence-electron chi connectivity index (χ3n) is 4.54. The molecule has 1 aliphatic carbocycles. The standard InChI is InChI=1S/C19H18ClN3O2/c20-12-4-6-13(7-5-12)25-18-9-8-15-14(2-1-3-17(15)24)16(18)10-19-21-11-22-23-19/h4-9,11,17,24H,1-3,10H2,(H,21,22,23). The summed E-state index contributed by atoms with van der Waals surface area (Å²) in [5.74, 6) is 2.26. The molecule has 0 bridgehead atoms. The Morgan fingerprint density at radius 3 is 2.80 bits per heavy atom. The number of hydrogen-bond donors (Lipinski definition) is 2. The van der Waals surface area contributed by atoms with Crippen molar-refractivity contribution in [3.8, 4) is 11.5 Å². The fourth-order valence-electron chi connectivity index (χ4n) is 3.33. The number of benzene rings is 2. The number of nitrogens with zero attached hydrogens (tertiary/aromatic N) is 2. The summed E-state index contributed by atoms with van der Waals surface area (Å²) in [5.41, 5.74) is 3.19. The molecule has 3 aromatic rings. The molecule has 1 aromatic heterocycles. The molecule has 0 aliphatic heterocycles. The van der Waals surface area contributed by atoms with Gasteiger partial charge in [0.15, 0.2) is 0 Å². The molecule has 0 radical (unpaired) electrons. The molecule has 25 heavy (non-hydrogen) atoms. The first-order valence-corrected chi connectivity index (χ1v) is 8.69. The highest BCUT2D eigenvalue weighted by Gasteiger charge is 2.23. The first-order valence-electron chi connectivity index (χ1n) is 8.31. The van der Waals surface area contributed by atoms with Crippen LogP contribution in [-0.2, 0) is 12.8 Å². The summed E-state index contributed by atoms with van der Waals surface area (Å²) >= 11 is 5.95. The average Bonchev–Trinajstić information content (AvgIpc) is 3.12. The highest BCUT2D eigenvalue weighted by atomic mass is 35.5. The number of halogens is 1. The first-order chi connectivity index (χ1) is 12.2. The van der Waals surface area contributed by atoms with E-state index in [1.54, 1.807) is 12.1 Å². The number of aliphatic hydroxyl groups excluding tert-OH is 1. The molecule has 1 atom stereocenters. The highest BCUT2D eigenvalue weighted by Crippen LogP contribution is 2.38. The van der Waals surface area contributed by atoms with E-state index in [0.29, 0.717) is 11.4 Å². The Balaban J connectivity index is 1.75. The summed E-state index contributed by atoms with van der Waals surface area (Å²) in [7, 11) is 0. The Kier molecular flexibility index (Phi) is 4.42. The summed E-state index contributed by atoms with van der Waals surface area (Å²) in [5, 5.41) is 17.8. The van der Waals surface area contributed by atoms with Gasteiger partial charge in [0.1, 0.15) is 23.7 Å². The van der Waals surface area contributed by atoms with E-state index in [1.165, 1.54) is 6.33 Å². The lowest BCUT2D eigenvalue weighted by molar-refractivity contribution is 0.156. The Morgan fingerprint density at radius 2 is 2.04 bits per heavy atom. The lowest BCUT2D eigenvalue weighted by Gasteiger charge is -2.25. The molecule has 0 saturated carbocycles. The van der Waals surface area contributed by atoms with Gasteiger partial charge in [-0.15, -0.1) is 0 Å². The number of ether oxygens (including phenoxy) is 1. The van der Waals surface area contributed by atoms with Crippen LogP contribution in [0.4, 0.5) is 0 Å². The van der Waals surface area contributed by atoms with E-state index in [9.17, 15) is 5.11 Å². The quantitative estimate of drug-likeness (QED) is 0.735. The van der Waals surface area contributed by atoms with E-state index in [1.807, 2.05) is 24.3 Å². The maximum atomic E-state index is 10.3. The van der Waals surface area contributed by atoms with Crippen LogP contribution in [0.15, 0.2) is 42.7 Å². The van der Waals surface area contributed by atoms with E-state index < -0.39 is 6.10 Å². The average molecular weight is 356 g/mol. The fraction of sp³-hybridized carbons (Fsp3) is 0.263. The van der Waals surface area contributed by atoms with E-state index >= 15 is 0 Å². The third-order valence-corrected chi connectivity index (χ3v) is 4.79. The van der Waals surface area contributed by atoms with Gasteiger partial charge in [0, 0.05) is 17.0 Å². The van der Waals surface area contributed by atoms with Gasteiger partial charge in [-0.05, 0) is 60.7 Å². The van der Waals surface area contributed by atoms with Crippen molar-refractivity contribution in [3.63, 3.8) is 0 Å². The van der Waals surface area contributed by atoms with Crippen molar-refractivity contribution in [2.45, 2.75) is 31.8 Å². The minimum Gasteiger partial charge on any atom is -0.457 e. The normalized spacial score (nSPS) is 16.5. The molecular formula is C19H18ClN3O2. The molecule has 128 valence electrons. The summed E-state index contributed by atoms with van der Waals surface area (Å²) in [6.45, 7) is 0. The zero-order valence-corrected chi connectivity index (χ0v) is 14.3.